The topological polar surface area (TPSA) is 78.9 Å². The van der Waals surface area contributed by atoms with Crippen LogP contribution in [0.15, 0.2) is 97.2 Å². The summed E-state index contributed by atoms with van der Waals surface area (Å²) in [5, 5.41) is 0. The van der Waals surface area contributed by atoms with Crippen LogP contribution in [-0.2, 0) is 28.6 Å². The third-order valence-electron chi connectivity index (χ3n) is 9.35. The largest absolute Gasteiger partial charge is 0.462 e. The number of rotatable bonds is 40. The molecule has 0 radical (unpaired) electrons. The molecule has 0 aromatic rings. The van der Waals surface area contributed by atoms with Crippen molar-refractivity contribution >= 4 is 17.9 Å². The van der Waals surface area contributed by atoms with E-state index in [0.717, 1.165) is 83.5 Å². The lowest BCUT2D eigenvalue weighted by atomic mass is 10.0. The molecular formula is C52H84O6. The molecule has 1 atom stereocenters. The van der Waals surface area contributed by atoms with Gasteiger partial charge in [0.25, 0.3) is 0 Å². The summed E-state index contributed by atoms with van der Waals surface area (Å²) in [7, 11) is 0. The number of carbonyl (C=O) groups is 3. The van der Waals surface area contributed by atoms with Crippen molar-refractivity contribution < 1.29 is 28.6 Å². The fourth-order valence-electron chi connectivity index (χ4n) is 5.92. The van der Waals surface area contributed by atoms with Crippen molar-refractivity contribution in [2.24, 2.45) is 0 Å². The van der Waals surface area contributed by atoms with E-state index in [2.05, 4.69) is 106 Å². The molecule has 0 saturated heterocycles. The molecule has 328 valence electrons. The predicted octanol–water partition coefficient (Wildman–Crippen LogP) is 15.0. The first-order valence-electron chi connectivity index (χ1n) is 23.2. The van der Waals surface area contributed by atoms with Crippen molar-refractivity contribution in [2.45, 2.75) is 200 Å². The molecule has 0 bridgehead atoms. The van der Waals surface area contributed by atoms with E-state index in [9.17, 15) is 14.4 Å². The molecule has 0 aliphatic carbocycles. The maximum absolute atomic E-state index is 12.7. The monoisotopic (exact) mass is 805 g/mol. The molecule has 0 amide bonds. The van der Waals surface area contributed by atoms with Gasteiger partial charge in [-0.3, -0.25) is 14.4 Å². The Balaban J connectivity index is 4.56. The first-order valence-corrected chi connectivity index (χ1v) is 23.2. The standard InChI is InChI=1S/C52H84O6/c1-4-7-10-13-16-19-22-25-26-28-30-33-36-39-42-45-51(54)57-48-49(47-56-50(53)44-41-38-35-32-29-24-21-18-15-12-9-6-3)58-52(55)46-43-40-37-34-31-27-23-20-17-14-11-8-5-2/h7-8,10-11,16-17,19-20,25-27,30-31,33,37,40,49H,4-6,9,12-15,18,21-24,28-29,32,34-36,38-39,41-48H2,1-3H3/b10-7-,11-8-,19-16-,20-17-,26-25-,31-27-,33-30-,40-37-. The highest BCUT2D eigenvalue weighted by atomic mass is 16.6. The van der Waals surface area contributed by atoms with E-state index in [-0.39, 0.29) is 31.6 Å². The second-order valence-corrected chi connectivity index (χ2v) is 14.9. The summed E-state index contributed by atoms with van der Waals surface area (Å²) in [6.07, 6.45) is 59.8. The molecule has 0 aliphatic heterocycles. The quantitative estimate of drug-likeness (QED) is 0.0266. The van der Waals surface area contributed by atoms with Crippen LogP contribution in [0.3, 0.4) is 0 Å². The minimum absolute atomic E-state index is 0.119. The van der Waals surface area contributed by atoms with Gasteiger partial charge in [0.05, 0.1) is 0 Å². The molecule has 0 fully saturated rings. The van der Waals surface area contributed by atoms with E-state index >= 15 is 0 Å². The highest BCUT2D eigenvalue weighted by Gasteiger charge is 2.19. The van der Waals surface area contributed by atoms with E-state index < -0.39 is 12.1 Å². The summed E-state index contributed by atoms with van der Waals surface area (Å²) in [6, 6.07) is 0. The molecule has 1 unspecified atom stereocenters. The third kappa shape index (κ3) is 43.5. The molecule has 6 heteroatoms. The zero-order valence-electron chi connectivity index (χ0n) is 37.3. The molecule has 0 rings (SSSR count). The van der Waals surface area contributed by atoms with Gasteiger partial charge in [-0.05, 0) is 83.5 Å². The van der Waals surface area contributed by atoms with Gasteiger partial charge in [-0.15, -0.1) is 0 Å². The number of ether oxygens (including phenoxy) is 3. The van der Waals surface area contributed by atoms with Crippen molar-refractivity contribution in [1.29, 1.82) is 0 Å². The van der Waals surface area contributed by atoms with Gasteiger partial charge < -0.3 is 14.2 Å². The van der Waals surface area contributed by atoms with Gasteiger partial charge in [0, 0.05) is 19.3 Å². The van der Waals surface area contributed by atoms with Crippen molar-refractivity contribution in [3.05, 3.63) is 97.2 Å². The normalized spacial score (nSPS) is 12.9. The zero-order valence-corrected chi connectivity index (χ0v) is 37.3. The van der Waals surface area contributed by atoms with Gasteiger partial charge in [0.2, 0.25) is 0 Å². The summed E-state index contributed by atoms with van der Waals surface area (Å²) in [6.45, 7) is 6.28. The Labute approximate surface area is 356 Å². The number of hydrogen-bond acceptors (Lipinski definition) is 6. The summed E-state index contributed by atoms with van der Waals surface area (Å²) in [5.41, 5.74) is 0. The fraction of sp³-hybridized carbons (Fsp3) is 0.635. The van der Waals surface area contributed by atoms with Crippen LogP contribution in [0.5, 0.6) is 0 Å². The summed E-state index contributed by atoms with van der Waals surface area (Å²) < 4.78 is 16.6. The van der Waals surface area contributed by atoms with Crippen molar-refractivity contribution in [3.63, 3.8) is 0 Å². The molecule has 0 saturated carbocycles. The summed E-state index contributed by atoms with van der Waals surface area (Å²) >= 11 is 0. The van der Waals surface area contributed by atoms with Crippen LogP contribution in [-0.4, -0.2) is 37.2 Å². The summed E-state index contributed by atoms with van der Waals surface area (Å²) in [4.78, 5) is 37.7. The lowest BCUT2D eigenvalue weighted by molar-refractivity contribution is -0.166. The minimum atomic E-state index is -0.829. The molecule has 0 aliphatic rings. The predicted molar refractivity (Wildman–Crippen MR) is 247 cm³/mol. The van der Waals surface area contributed by atoms with E-state index in [1.54, 1.807) is 0 Å². The summed E-state index contributed by atoms with van der Waals surface area (Å²) in [5.74, 6) is -1.05. The zero-order chi connectivity index (χ0) is 42.3. The average Bonchev–Trinajstić information content (AvgIpc) is 3.22. The van der Waals surface area contributed by atoms with E-state index in [0.29, 0.717) is 25.7 Å². The number of hydrogen-bond donors (Lipinski definition) is 0. The molecule has 0 aromatic heterocycles. The van der Waals surface area contributed by atoms with Crippen molar-refractivity contribution in [3.8, 4) is 0 Å². The van der Waals surface area contributed by atoms with Crippen molar-refractivity contribution in [1.82, 2.24) is 0 Å². The Bertz CT molecular complexity index is 1200. The molecule has 0 N–H and O–H groups in total. The van der Waals surface area contributed by atoms with Crippen LogP contribution in [0.1, 0.15) is 194 Å². The lowest BCUT2D eigenvalue weighted by Crippen LogP contribution is -2.30. The van der Waals surface area contributed by atoms with Crippen molar-refractivity contribution in [2.75, 3.05) is 13.2 Å². The number of allylic oxidation sites excluding steroid dienone is 16. The highest BCUT2D eigenvalue weighted by molar-refractivity contribution is 5.71. The SMILES string of the molecule is CC/C=C\C/C=C\C/C=C\C/C=C\CCCCC(=O)OCC(COC(=O)CCCCCCCCCCCCCC)OC(=O)CC/C=C\C/C=C\C/C=C\C/C=C\CC. The van der Waals surface area contributed by atoms with Gasteiger partial charge in [0.1, 0.15) is 13.2 Å². The van der Waals surface area contributed by atoms with E-state index in [1.807, 2.05) is 12.2 Å². The maximum atomic E-state index is 12.7. The smallest absolute Gasteiger partial charge is 0.306 e. The number of carbonyl (C=O) groups excluding carboxylic acids is 3. The Morgan fingerprint density at radius 1 is 0.362 bits per heavy atom. The van der Waals surface area contributed by atoms with Gasteiger partial charge in [-0.25, -0.2) is 0 Å². The van der Waals surface area contributed by atoms with Crippen LogP contribution in [0.4, 0.5) is 0 Å². The maximum Gasteiger partial charge on any atom is 0.306 e. The molecule has 0 spiro atoms. The van der Waals surface area contributed by atoms with Gasteiger partial charge in [0.15, 0.2) is 6.10 Å². The van der Waals surface area contributed by atoms with Gasteiger partial charge >= 0.3 is 17.9 Å². The number of esters is 3. The Kier molecular flexibility index (Phi) is 43.1. The van der Waals surface area contributed by atoms with Crippen LogP contribution in [0.2, 0.25) is 0 Å². The molecular weight excluding hydrogens is 721 g/mol. The van der Waals surface area contributed by atoms with E-state index in [1.165, 1.54) is 57.8 Å². The van der Waals surface area contributed by atoms with Crippen LogP contribution >= 0.6 is 0 Å². The Morgan fingerprint density at radius 3 is 1.12 bits per heavy atom. The second kappa shape index (κ2) is 46.0. The molecule has 58 heavy (non-hydrogen) atoms. The molecule has 0 heterocycles. The van der Waals surface area contributed by atoms with Gasteiger partial charge in [-0.2, -0.15) is 0 Å². The average molecular weight is 805 g/mol. The van der Waals surface area contributed by atoms with Crippen LogP contribution in [0.25, 0.3) is 0 Å². The fourth-order valence-corrected chi connectivity index (χ4v) is 5.92. The Hall–Kier alpha value is -3.67. The number of unbranched alkanes of at least 4 members (excludes halogenated alkanes) is 13. The second-order valence-electron chi connectivity index (χ2n) is 14.9. The third-order valence-corrected chi connectivity index (χ3v) is 9.35. The minimum Gasteiger partial charge on any atom is -0.462 e. The molecule has 0 aromatic carbocycles. The van der Waals surface area contributed by atoms with Crippen LogP contribution in [0, 0.1) is 0 Å². The first kappa shape index (κ1) is 54.3. The molecule has 6 nitrogen and oxygen atoms in total. The Morgan fingerprint density at radius 2 is 0.707 bits per heavy atom. The van der Waals surface area contributed by atoms with Gasteiger partial charge in [-0.1, -0.05) is 189 Å². The lowest BCUT2D eigenvalue weighted by Gasteiger charge is -2.18. The first-order chi connectivity index (χ1) is 28.5. The highest BCUT2D eigenvalue weighted by Crippen LogP contribution is 2.13. The van der Waals surface area contributed by atoms with Crippen LogP contribution < -0.4 is 0 Å². The van der Waals surface area contributed by atoms with E-state index in [4.69, 9.17) is 14.2 Å².